The normalized spacial score (nSPS) is 10.4. The SMILES string of the molecule is CN(Cc1ccc(F)cc1F)c1ccc(C(N)=O)cc1[N+](=O)[O-]. The maximum atomic E-state index is 13.7. The van der Waals surface area contributed by atoms with Gasteiger partial charge in [-0.1, -0.05) is 6.07 Å². The van der Waals surface area contributed by atoms with Crippen molar-refractivity contribution in [2.24, 2.45) is 5.73 Å². The molecule has 2 aromatic carbocycles. The molecule has 120 valence electrons. The third kappa shape index (κ3) is 3.60. The molecule has 0 heterocycles. The highest BCUT2D eigenvalue weighted by atomic mass is 19.1. The van der Waals surface area contributed by atoms with Crippen molar-refractivity contribution in [2.45, 2.75) is 6.54 Å². The molecule has 0 atom stereocenters. The third-order valence-corrected chi connectivity index (χ3v) is 3.29. The topological polar surface area (TPSA) is 89.5 Å². The number of primary amides is 1. The Kier molecular flexibility index (Phi) is 4.54. The third-order valence-electron chi connectivity index (χ3n) is 3.29. The lowest BCUT2D eigenvalue weighted by molar-refractivity contribution is -0.384. The minimum Gasteiger partial charge on any atom is -0.366 e. The summed E-state index contributed by atoms with van der Waals surface area (Å²) in [5, 5.41) is 11.2. The van der Waals surface area contributed by atoms with Gasteiger partial charge >= 0.3 is 0 Å². The van der Waals surface area contributed by atoms with E-state index in [-0.39, 0.29) is 29.0 Å². The molecule has 0 saturated carbocycles. The van der Waals surface area contributed by atoms with Gasteiger partial charge in [0.05, 0.1) is 4.92 Å². The second kappa shape index (κ2) is 6.39. The summed E-state index contributed by atoms with van der Waals surface area (Å²) in [5.74, 6) is -2.23. The first kappa shape index (κ1) is 16.3. The molecule has 6 nitrogen and oxygen atoms in total. The van der Waals surface area contributed by atoms with Gasteiger partial charge in [-0.15, -0.1) is 0 Å². The molecule has 0 saturated heterocycles. The predicted octanol–water partition coefficient (Wildman–Crippen LogP) is 2.61. The van der Waals surface area contributed by atoms with Gasteiger partial charge in [-0.2, -0.15) is 0 Å². The van der Waals surface area contributed by atoms with Gasteiger partial charge in [0.1, 0.15) is 17.3 Å². The molecule has 1 amide bonds. The van der Waals surface area contributed by atoms with Crippen molar-refractivity contribution in [3.8, 4) is 0 Å². The first-order chi connectivity index (χ1) is 10.8. The number of nitro groups is 1. The summed E-state index contributed by atoms with van der Waals surface area (Å²) >= 11 is 0. The van der Waals surface area contributed by atoms with Gasteiger partial charge in [0.15, 0.2) is 0 Å². The van der Waals surface area contributed by atoms with E-state index in [9.17, 15) is 23.7 Å². The van der Waals surface area contributed by atoms with Crippen LogP contribution >= 0.6 is 0 Å². The van der Waals surface area contributed by atoms with E-state index >= 15 is 0 Å². The van der Waals surface area contributed by atoms with Crippen molar-refractivity contribution < 1.29 is 18.5 Å². The molecule has 2 rings (SSSR count). The van der Waals surface area contributed by atoms with Gasteiger partial charge in [0.2, 0.25) is 5.91 Å². The van der Waals surface area contributed by atoms with Crippen LogP contribution in [0, 0.1) is 21.7 Å². The number of carbonyl (C=O) groups excluding carboxylic acids is 1. The van der Waals surface area contributed by atoms with Crippen molar-refractivity contribution in [1.82, 2.24) is 0 Å². The molecule has 23 heavy (non-hydrogen) atoms. The number of rotatable bonds is 5. The van der Waals surface area contributed by atoms with E-state index in [0.717, 1.165) is 18.2 Å². The Hall–Kier alpha value is -3.03. The summed E-state index contributed by atoms with van der Waals surface area (Å²) < 4.78 is 26.6. The van der Waals surface area contributed by atoms with E-state index in [2.05, 4.69) is 0 Å². The van der Waals surface area contributed by atoms with Crippen LogP contribution in [0.25, 0.3) is 0 Å². The summed E-state index contributed by atoms with van der Waals surface area (Å²) in [6.07, 6.45) is 0. The Labute approximate surface area is 130 Å². The van der Waals surface area contributed by atoms with Crippen molar-refractivity contribution >= 4 is 17.3 Å². The van der Waals surface area contributed by atoms with Gasteiger partial charge in [0, 0.05) is 36.9 Å². The molecule has 0 unspecified atom stereocenters. The average molecular weight is 321 g/mol. The van der Waals surface area contributed by atoms with Crippen LogP contribution in [0.2, 0.25) is 0 Å². The van der Waals surface area contributed by atoms with E-state index in [1.165, 1.54) is 30.1 Å². The number of halogens is 2. The van der Waals surface area contributed by atoms with Gasteiger partial charge in [0.25, 0.3) is 5.69 Å². The Morgan fingerprint density at radius 1 is 1.26 bits per heavy atom. The molecule has 2 aromatic rings. The van der Waals surface area contributed by atoms with Gasteiger partial charge < -0.3 is 10.6 Å². The van der Waals surface area contributed by atoms with Crippen molar-refractivity contribution in [1.29, 1.82) is 0 Å². The Bertz CT molecular complexity index is 781. The Morgan fingerprint density at radius 2 is 1.96 bits per heavy atom. The average Bonchev–Trinajstić information content (AvgIpc) is 2.49. The van der Waals surface area contributed by atoms with Crippen LogP contribution in [-0.2, 0) is 6.54 Å². The molecule has 0 spiro atoms. The van der Waals surface area contributed by atoms with Crippen LogP contribution < -0.4 is 10.6 Å². The molecule has 0 aliphatic carbocycles. The highest BCUT2D eigenvalue weighted by Crippen LogP contribution is 2.29. The van der Waals surface area contributed by atoms with E-state index in [1.807, 2.05) is 0 Å². The first-order valence-electron chi connectivity index (χ1n) is 6.53. The maximum absolute atomic E-state index is 13.7. The maximum Gasteiger partial charge on any atom is 0.293 e. The molecule has 0 bridgehead atoms. The summed E-state index contributed by atoms with van der Waals surface area (Å²) in [7, 11) is 1.52. The molecule has 0 aromatic heterocycles. The van der Waals surface area contributed by atoms with E-state index in [1.54, 1.807) is 0 Å². The summed E-state index contributed by atoms with van der Waals surface area (Å²) in [4.78, 5) is 23.1. The fourth-order valence-corrected chi connectivity index (χ4v) is 2.14. The molecular formula is C15H13F2N3O3. The van der Waals surface area contributed by atoms with Crippen LogP contribution in [0.5, 0.6) is 0 Å². The molecule has 0 aliphatic heterocycles. The van der Waals surface area contributed by atoms with Crippen molar-refractivity contribution in [3.05, 3.63) is 69.3 Å². The predicted molar refractivity (Wildman–Crippen MR) is 80.1 cm³/mol. The molecular weight excluding hydrogens is 308 g/mol. The lowest BCUT2D eigenvalue weighted by Crippen LogP contribution is -2.19. The van der Waals surface area contributed by atoms with Crippen LogP contribution in [0.4, 0.5) is 20.2 Å². The van der Waals surface area contributed by atoms with Crippen molar-refractivity contribution in [3.63, 3.8) is 0 Å². The van der Waals surface area contributed by atoms with Crippen LogP contribution in [0.3, 0.4) is 0 Å². The fourth-order valence-electron chi connectivity index (χ4n) is 2.14. The van der Waals surface area contributed by atoms with Gasteiger partial charge in [-0.05, 0) is 18.2 Å². The number of benzene rings is 2. The van der Waals surface area contributed by atoms with E-state index < -0.39 is 22.5 Å². The molecule has 0 aliphatic rings. The number of hydrogen-bond donors (Lipinski definition) is 1. The number of nitrogens with two attached hydrogens (primary N) is 1. The van der Waals surface area contributed by atoms with Crippen molar-refractivity contribution in [2.75, 3.05) is 11.9 Å². The zero-order chi connectivity index (χ0) is 17.1. The van der Waals surface area contributed by atoms with E-state index in [4.69, 9.17) is 5.73 Å². The number of hydrogen-bond acceptors (Lipinski definition) is 4. The lowest BCUT2D eigenvalue weighted by atomic mass is 10.1. The quantitative estimate of drug-likeness (QED) is 0.677. The number of nitro benzene ring substituents is 1. The van der Waals surface area contributed by atoms with Crippen LogP contribution in [0.15, 0.2) is 36.4 Å². The Morgan fingerprint density at radius 3 is 2.52 bits per heavy atom. The van der Waals surface area contributed by atoms with Crippen LogP contribution in [-0.4, -0.2) is 17.9 Å². The molecule has 0 fully saturated rings. The zero-order valence-electron chi connectivity index (χ0n) is 12.1. The minimum atomic E-state index is -0.785. The first-order valence-corrected chi connectivity index (χ1v) is 6.53. The Balaban J connectivity index is 2.36. The second-order valence-electron chi connectivity index (χ2n) is 4.92. The smallest absolute Gasteiger partial charge is 0.293 e. The largest absolute Gasteiger partial charge is 0.366 e. The van der Waals surface area contributed by atoms with Gasteiger partial charge in [-0.25, -0.2) is 8.78 Å². The number of nitrogens with zero attached hydrogens (tertiary/aromatic N) is 2. The highest BCUT2D eigenvalue weighted by Gasteiger charge is 2.20. The molecule has 8 heteroatoms. The fraction of sp³-hybridized carbons (Fsp3) is 0.133. The minimum absolute atomic E-state index is 0.00168. The highest BCUT2D eigenvalue weighted by molar-refractivity contribution is 5.94. The van der Waals surface area contributed by atoms with E-state index in [0.29, 0.717) is 0 Å². The van der Waals surface area contributed by atoms with Crippen LogP contribution in [0.1, 0.15) is 15.9 Å². The summed E-state index contributed by atoms with van der Waals surface area (Å²) in [6, 6.07) is 6.90. The number of amides is 1. The lowest BCUT2D eigenvalue weighted by Gasteiger charge is -2.20. The monoisotopic (exact) mass is 321 g/mol. The molecule has 2 N–H and O–H groups in total. The number of carbonyl (C=O) groups is 1. The molecule has 0 radical (unpaired) electrons. The second-order valence-corrected chi connectivity index (χ2v) is 4.92. The number of anilines is 1. The summed E-state index contributed by atoms with van der Waals surface area (Å²) in [5.41, 5.74) is 5.15. The van der Waals surface area contributed by atoms with Gasteiger partial charge in [-0.3, -0.25) is 14.9 Å². The zero-order valence-corrected chi connectivity index (χ0v) is 12.1. The summed E-state index contributed by atoms with van der Waals surface area (Å²) in [6.45, 7) is -0.0110. The standard InChI is InChI=1S/C15H13F2N3O3/c1-19(8-10-2-4-11(16)7-12(10)17)13-5-3-9(15(18)21)6-14(13)20(22)23/h2-7H,8H2,1H3,(H2,18,21).